The fraction of sp³-hybridized carbons (Fsp3) is 0.467. The van der Waals surface area contributed by atoms with Gasteiger partial charge < -0.3 is 14.9 Å². The summed E-state index contributed by atoms with van der Waals surface area (Å²) >= 11 is 0. The zero-order valence-corrected chi connectivity index (χ0v) is 11.9. The van der Waals surface area contributed by atoms with Crippen molar-refractivity contribution in [3.8, 4) is 0 Å². The van der Waals surface area contributed by atoms with Crippen LogP contribution in [0.5, 0.6) is 0 Å². The highest BCUT2D eigenvalue weighted by molar-refractivity contribution is 5.90. The zero-order chi connectivity index (χ0) is 15.9. The summed E-state index contributed by atoms with van der Waals surface area (Å²) in [6.07, 6.45) is 1.88. The van der Waals surface area contributed by atoms with Gasteiger partial charge in [-0.15, -0.1) is 0 Å². The van der Waals surface area contributed by atoms with E-state index >= 15 is 0 Å². The van der Waals surface area contributed by atoms with Crippen LogP contribution in [0.25, 0.3) is 0 Å². The molecular formula is C15H16F2N2O3. The number of benzene rings is 1. The maximum Gasteiger partial charge on any atom is 0.323 e. The second-order valence-electron chi connectivity index (χ2n) is 5.65. The van der Waals surface area contributed by atoms with E-state index in [0.29, 0.717) is 37.2 Å². The van der Waals surface area contributed by atoms with Crippen molar-refractivity contribution in [1.29, 1.82) is 0 Å². The minimum Gasteiger partial charge on any atom is -0.480 e. The molecule has 0 saturated carbocycles. The van der Waals surface area contributed by atoms with Gasteiger partial charge in [-0.05, 0) is 30.9 Å². The molecule has 1 unspecified atom stereocenters. The Hall–Kier alpha value is -2.18. The molecule has 1 aromatic rings. The molecule has 1 aromatic carbocycles. The van der Waals surface area contributed by atoms with Crippen molar-refractivity contribution in [2.45, 2.75) is 25.3 Å². The van der Waals surface area contributed by atoms with Crippen LogP contribution in [0.3, 0.4) is 0 Å². The van der Waals surface area contributed by atoms with Crippen molar-refractivity contribution >= 4 is 17.6 Å². The number of aliphatic carboxylic acids is 1. The van der Waals surface area contributed by atoms with Crippen LogP contribution in [-0.2, 0) is 16.0 Å². The Morgan fingerprint density at radius 2 is 2.00 bits per heavy atom. The molecule has 1 fully saturated rings. The SMILES string of the molecule is O=C(O)CN1CCC(N2CCCc3cc(F)c(F)cc32)C1=O. The van der Waals surface area contributed by atoms with E-state index in [9.17, 15) is 18.4 Å². The maximum absolute atomic E-state index is 13.5. The van der Waals surface area contributed by atoms with Crippen LogP contribution >= 0.6 is 0 Å². The van der Waals surface area contributed by atoms with Crippen molar-refractivity contribution in [3.05, 3.63) is 29.3 Å². The predicted octanol–water partition coefficient (Wildman–Crippen LogP) is 1.40. The zero-order valence-electron chi connectivity index (χ0n) is 11.9. The number of hydrogen-bond donors (Lipinski definition) is 1. The lowest BCUT2D eigenvalue weighted by Crippen LogP contribution is -2.45. The Labute approximate surface area is 126 Å². The number of halogens is 2. The van der Waals surface area contributed by atoms with Gasteiger partial charge in [-0.25, -0.2) is 8.78 Å². The van der Waals surface area contributed by atoms with E-state index in [1.165, 1.54) is 11.0 Å². The molecule has 7 heteroatoms. The van der Waals surface area contributed by atoms with Gasteiger partial charge in [0.05, 0.1) is 0 Å². The lowest BCUT2D eigenvalue weighted by atomic mass is 9.99. The molecule has 2 aliphatic heterocycles. The lowest BCUT2D eigenvalue weighted by molar-refractivity contribution is -0.143. The van der Waals surface area contributed by atoms with Gasteiger partial charge in [-0.3, -0.25) is 9.59 Å². The number of fused-ring (bicyclic) bond motifs is 1. The first-order valence-corrected chi connectivity index (χ1v) is 7.22. The molecule has 1 saturated heterocycles. The minimum atomic E-state index is -1.05. The molecule has 2 heterocycles. The Bertz CT molecular complexity index is 635. The van der Waals surface area contributed by atoms with Crippen molar-refractivity contribution in [1.82, 2.24) is 4.90 Å². The monoisotopic (exact) mass is 310 g/mol. The highest BCUT2D eigenvalue weighted by atomic mass is 19.2. The number of likely N-dealkylation sites (tertiary alicyclic amines) is 1. The smallest absolute Gasteiger partial charge is 0.323 e. The quantitative estimate of drug-likeness (QED) is 0.917. The number of amides is 1. The first-order chi connectivity index (χ1) is 10.5. The number of carbonyl (C=O) groups is 2. The summed E-state index contributed by atoms with van der Waals surface area (Å²) in [5.74, 6) is -3.13. The molecule has 1 atom stereocenters. The number of hydrogen-bond acceptors (Lipinski definition) is 3. The minimum absolute atomic E-state index is 0.264. The molecule has 0 spiro atoms. The highest BCUT2D eigenvalue weighted by Crippen LogP contribution is 2.33. The van der Waals surface area contributed by atoms with E-state index in [1.807, 2.05) is 0 Å². The van der Waals surface area contributed by atoms with Gasteiger partial charge >= 0.3 is 5.97 Å². The summed E-state index contributed by atoms with van der Waals surface area (Å²) in [5, 5.41) is 8.81. The average Bonchev–Trinajstić information content (AvgIpc) is 2.80. The van der Waals surface area contributed by atoms with E-state index in [-0.39, 0.29) is 12.5 Å². The van der Waals surface area contributed by atoms with Gasteiger partial charge in [0.15, 0.2) is 11.6 Å². The molecular weight excluding hydrogens is 294 g/mol. The van der Waals surface area contributed by atoms with E-state index in [4.69, 9.17) is 5.11 Å². The third-order valence-electron chi connectivity index (χ3n) is 4.25. The second-order valence-corrected chi connectivity index (χ2v) is 5.65. The van der Waals surface area contributed by atoms with Gasteiger partial charge in [0.2, 0.25) is 5.91 Å². The number of carboxylic acid groups (broad SMARTS) is 1. The van der Waals surface area contributed by atoms with Crippen LogP contribution in [0.1, 0.15) is 18.4 Å². The topological polar surface area (TPSA) is 60.9 Å². The van der Waals surface area contributed by atoms with Crippen molar-refractivity contribution < 1.29 is 23.5 Å². The summed E-state index contributed by atoms with van der Waals surface area (Å²) in [5.41, 5.74) is 1.23. The van der Waals surface area contributed by atoms with Gasteiger partial charge in [0, 0.05) is 24.8 Å². The molecule has 0 bridgehead atoms. The van der Waals surface area contributed by atoms with E-state index in [0.717, 1.165) is 12.5 Å². The van der Waals surface area contributed by atoms with Crippen LogP contribution in [-0.4, -0.2) is 47.6 Å². The van der Waals surface area contributed by atoms with Gasteiger partial charge in [-0.2, -0.15) is 0 Å². The second kappa shape index (κ2) is 5.55. The molecule has 0 radical (unpaired) electrons. The summed E-state index contributed by atoms with van der Waals surface area (Å²) in [7, 11) is 0. The number of carboxylic acids is 1. The van der Waals surface area contributed by atoms with Crippen LogP contribution in [0.15, 0.2) is 12.1 Å². The maximum atomic E-state index is 13.5. The third-order valence-corrected chi connectivity index (χ3v) is 4.25. The molecule has 5 nitrogen and oxygen atoms in total. The number of nitrogens with zero attached hydrogens (tertiary/aromatic N) is 2. The van der Waals surface area contributed by atoms with E-state index in [1.54, 1.807) is 4.90 Å². The summed E-state index contributed by atoms with van der Waals surface area (Å²) in [6, 6.07) is 1.82. The van der Waals surface area contributed by atoms with Crippen LogP contribution in [0.4, 0.5) is 14.5 Å². The predicted molar refractivity (Wildman–Crippen MR) is 74.6 cm³/mol. The van der Waals surface area contributed by atoms with Crippen molar-refractivity contribution in [2.75, 3.05) is 24.5 Å². The van der Waals surface area contributed by atoms with Gasteiger partial charge in [-0.1, -0.05) is 0 Å². The molecule has 118 valence electrons. The fourth-order valence-electron chi connectivity index (χ4n) is 3.26. The molecule has 0 aliphatic carbocycles. The normalized spacial score (nSPS) is 21.2. The highest BCUT2D eigenvalue weighted by Gasteiger charge is 2.38. The van der Waals surface area contributed by atoms with E-state index in [2.05, 4.69) is 0 Å². The van der Waals surface area contributed by atoms with Crippen LogP contribution in [0, 0.1) is 11.6 Å². The molecule has 0 aromatic heterocycles. The molecule has 1 N–H and O–H groups in total. The van der Waals surface area contributed by atoms with Crippen LogP contribution < -0.4 is 4.90 Å². The Balaban J connectivity index is 1.87. The summed E-state index contributed by atoms with van der Waals surface area (Å²) in [4.78, 5) is 26.2. The largest absolute Gasteiger partial charge is 0.480 e. The van der Waals surface area contributed by atoms with Crippen LogP contribution in [0.2, 0.25) is 0 Å². The number of anilines is 1. The number of aryl methyl sites for hydroxylation is 1. The van der Waals surface area contributed by atoms with E-state index < -0.39 is 23.6 Å². The van der Waals surface area contributed by atoms with Crippen molar-refractivity contribution in [2.24, 2.45) is 0 Å². The summed E-state index contributed by atoms with van der Waals surface area (Å²) < 4.78 is 26.9. The fourth-order valence-corrected chi connectivity index (χ4v) is 3.26. The van der Waals surface area contributed by atoms with Crippen molar-refractivity contribution in [3.63, 3.8) is 0 Å². The van der Waals surface area contributed by atoms with Gasteiger partial charge in [0.25, 0.3) is 0 Å². The molecule has 22 heavy (non-hydrogen) atoms. The first-order valence-electron chi connectivity index (χ1n) is 7.22. The summed E-state index contributed by atoms with van der Waals surface area (Å²) in [6.45, 7) is 0.620. The number of carbonyl (C=O) groups excluding carboxylic acids is 1. The third kappa shape index (κ3) is 2.51. The Morgan fingerprint density at radius 3 is 2.73 bits per heavy atom. The lowest BCUT2D eigenvalue weighted by Gasteiger charge is -2.35. The molecule has 1 amide bonds. The standard InChI is InChI=1S/C15H16F2N2O3/c16-10-6-9-2-1-4-19(13(9)7-11(10)17)12-3-5-18(15(12)22)8-14(20)21/h6-7,12H,1-5,8H2,(H,20,21). The van der Waals surface area contributed by atoms with Gasteiger partial charge in [0.1, 0.15) is 12.6 Å². The molecule has 3 rings (SSSR count). The molecule has 2 aliphatic rings. The average molecular weight is 310 g/mol. The Morgan fingerprint density at radius 1 is 1.27 bits per heavy atom. The Kier molecular flexibility index (Phi) is 3.72. The first kappa shape index (κ1) is 14.7. The number of rotatable bonds is 3.